The van der Waals surface area contributed by atoms with Gasteiger partial charge >= 0.3 is 0 Å². The van der Waals surface area contributed by atoms with Crippen LogP contribution >= 0.6 is 22.9 Å². The molecule has 158 valence electrons. The molecule has 4 rings (SSSR count). The van der Waals surface area contributed by atoms with Crippen LogP contribution in [0.15, 0.2) is 71.6 Å². The number of hydrogen-bond acceptors (Lipinski definition) is 6. The molecule has 3 aromatic carbocycles. The summed E-state index contributed by atoms with van der Waals surface area (Å²) in [6, 6.07) is 17.8. The molecule has 0 unspecified atom stereocenters. The van der Waals surface area contributed by atoms with Gasteiger partial charge in [0.15, 0.2) is 5.13 Å². The van der Waals surface area contributed by atoms with Crippen LogP contribution in [0.3, 0.4) is 0 Å². The Morgan fingerprint density at radius 3 is 2.45 bits per heavy atom. The zero-order chi connectivity index (χ0) is 22.0. The van der Waals surface area contributed by atoms with Crippen molar-refractivity contribution >= 4 is 59.9 Å². The predicted molar refractivity (Wildman–Crippen MR) is 123 cm³/mol. The third kappa shape index (κ3) is 4.63. The molecule has 0 radical (unpaired) electrons. The molecule has 10 heteroatoms. The van der Waals surface area contributed by atoms with Gasteiger partial charge in [-0.25, -0.2) is 13.4 Å². The van der Waals surface area contributed by atoms with E-state index in [1.807, 2.05) is 6.07 Å². The first kappa shape index (κ1) is 21.1. The lowest BCUT2D eigenvalue weighted by Crippen LogP contribution is -2.12. The minimum Gasteiger partial charge on any atom is -0.494 e. The van der Waals surface area contributed by atoms with Crippen molar-refractivity contribution in [2.75, 3.05) is 17.1 Å². The molecule has 0 spiro atoms. The molecule has 0 atom stereocenters. The standard InChI is InChI=1S/C21H16ClN3O4S2/c1-29-17-11-15(25-31(27,28)16-9-7-14(22)8-10-16)12-18-19(17)23-21(30-18)24-20(26)13-5-3-2-4-6-13/h2-12,25H,1H3,(H,23,24,26). The highest BCUT2D eigenvalue weighted by Gasteiger charge is 2.18. The summed E-state index contributed by atoms with van der Waals surface area (Å²) in [5.41, 5.74) is 1.33. The van der Waals surface area contributed by atoms with Crippen molar-refractivity contribution in [1.29, 1.82) is 0 Å². The first-order valence-corrected chi connectivity index (χ1v) is 11.7. The fourth-order valence-corrected chi connectivity index (χ4v) is 4.94. The number of carbonyl (C=O) groups is 1. The Balaban J connectivity index is 1.64. The van der Waals surface area contributed by atoms with E-state index in [0.29, 0.717) is 37.4 Å². The van der Waals surface area contributed by atoms with Gasteiger partial charge in [0.1, 0.15) is 11.3 Å². The van der Waals surface area contributed by atoms with Crippen molar-refractivity contribution < 1.29 is 17.9 Å². The largest absolute Gasteiger partial charge is 0.494 e. The summed E-state index contributed by atoms with van der Waals surface area (Å²) in [4.78, 5) is 16.9. The summed E-state index contributed by atoms with van der Waals surface area (Å²) in [5.74, 6) is 0.0880. The number of methoxy groups -OCH3 is 1. The molecule has 0 saturated carbocycles. The number of nitrogens with zero attached hydrogens (tertiary/aromatic N) is 1. The number of amides is 1. The van der Waals surface area contributed by atoms with E-state index in [-0.39, 0.29) is 10.8 Å². The Morgan fingerprint density at radius 2 is 1.77 bits per heavy atom. The van der Waals surface area contributed by atoms with Gasteiger partial charge in [-0.2, -0.15) is 0 Å². The number of sulfonamides is 1. The first-order chi connectivity index (χ1) is 14.9. The monoisotopic (exact) mass is 473 g/mol. The van der Waals surface area contributed by atoms with Crippen LogP contribution in [0.2, 0.25) is 5.02 Å². The number of anilines is 2. The van der Waals surface area contributed by atoms with Crippen LogP contribution in [-0.2, 0) is 10.0 Å². The Kier molecular flexibility index (Phi) is 5.81. The zero-order valence-electron chi connectivity index (χ0n) is 16.1. The Labute approximate surface area is 187 Å². The molecule has 7 nitrogen and oxygen atoms in total. The lowest BCUT2D eigenvalue weighted by atomic mass is 10.2. The molecule has 4 aromatic rings. The quantitative estimate of drug-likeness (QED) is 0.410. The number of thiazole rings is 1. The number of halogens is 1. The Bertz CT molecular complexity index is 1350. The van der Waals surface area contributed by atoms with Crippen LogP contribution in [0.4, 0.5) is 10.8 Å². The van der Waals surface area contributed by atoms with Gasteiger partial charge in [0.2, 0.25) is 0 Å². The molecule has 0 aliphatic heterocycles. The van der Waals surface area contributed by atoms with E-state index >= 15 is 0 Å². The van der Waals surface area contributed by atoms with Crippen LogP contribution in [0, 0.1) is 0 Å². The molecule has 0 saturated heterocycles. The van der Waals surface area contributed by atoms with Crippen LogP contribution in [0.1, 0.15) is 10.4 Å². The maximum atomic E-state index is 12.7. The van der Waals surface area contributed by atoms with Crippen LogP contribution in [0.5, 0.6) is 5.75 Å². The van der Waals surface area contributed by atoms with Crippen molar-refractivity contribution in [1.82, 2.24) is 4.98 Å². The van der Waals surface area contributed by atoms with Gasteiger partial charge in [-0.15, -0.1) is 0 Å². The molecule has 0 fully saturated rings. The Hall–Kier alpha value is -3.14. The molecule has 1 amide bonds. The molecule has 0 aliphatic carbocycles. The number of benzene rings is 3. The average molecular weight is 474 g/mol. The second kappa shape index (κ2) is 8.54. The topological polar surface area (TPSA) is 97.4 Å². The van der Waals surface area contributed by atoms with Crippen molar-refractivity contribution in [3.63, 3.8) is 0 Å². The van der Waals surface area contributed by atoms with Gasteiger partial charge in [0, 0.05) is 16.7 Å². The van der Waals surface area contributed by atoms with Gasteiger partial charge in [-0.1, -0.05) is 41.1 Å². The van der Waals surface area contributed by atoms with Gasteiger partial charge in [0.05, 0.1) is 22.4 Å². The summed E-state index contributed by atoms with van der Waals surface area (Å²) in [6.45, 7) is 0. The normalized spacial score (nSPS) is 11.3. The van der Waals surface area contributed by atoms with Crippen molar-refractivity contribution in [3.8, 4) is 5.75 Å². The highest BCUT2D eigenvalue weighted by molar-refractivity contribution is 7.92. The number of carbonyl (C=O) groups excluding carboxylic acids is 1. The maximum absolute atomic E-state index is 12.7. The summed E-state index contributed by atoms with van der Waals surface area (Å²) in [5, 5.41) is 3.58. The first-order valence-electron chi connectivity index (χ1n) is 8.99. The minimum atomic E-state index is -3.82. The summed E-state index contributed by atoms with van der Waals surface area (Å²) in [6.07, 6.45) is 0. The molecule has 0 bridgehead atoms. The van der Waals surface area contributed by atoms with Gasteiger partial charge in [-0.05, 0) is 42.5 Å². The summed E-state index contributed by atoms with van der Waals surface area (Å²) >= 11 is 7.05. The third-order valence-electron chi connectivity index (χ3n) is 4.31. The van der Waals surface area contributed by atoms with Crippen LogP contribution < -0.4 is 14.8 Å². The van der Waals surface area contributed by atoms with E-state index in [9.17, 15) is 13.2 Å². The number of ether oxygens (including phenoxy) is 1. The third-order valence-corrected chi connectivity index (χ3v) is 6.88. The molecule has 0 aliphatic rings. The fourth-order valence-electron chi connectivity index (χ4n) is 2.85. The van der Waals surface area contributed by atoms with E-state index in [1.165, 1.54) is 48.8 Å². The number of hydrogen-bond donors (Lipinski definition) is 2. The van der Waals surface area contributed by atoms with E-state index < -0.39 is 10.0 Å². The van der Waals surface area contributed by atoms with Gasteiger partial charge < -0.3 is 4.74 Å². The van der Waals surface area contributed by atoms with Crippen molar-refractivity contribution in [2.45, 2.75) is 4.90 Å². The van der Waals surface area contributed by atoms with E-state index in [1.54, 1.807) is 30.3 Å². The molecular formula is C21H16ClN3O4S2. The molecule has 2 N–H and O–H groups in total. The molecule has 1 aromatic heterocycles. The fraction of sp³-hybridized carbons (Fsp3) is 0.0476. The van der Waals surface area contributed by atoms with Crippen LogP contribution in [-0.4, -0.2) is 26.4 Å². The number of nitrogens with one attached hydrogen (secondary N) is 2. The SMILES string of the molecule is COc1cc(NS(=O)(=O)c2ccc(Cl)cc2)cc2sc(NC(=O)c3ccccc3)nc12. The lowest BCUT2D eigenvalue weighted by Gasteiger charge is -2.10. The van der Waals surface area contributed by atoms with E-state index in [2.05, 4.69) is 15.0 Å². The lowest BCUT2D eigenvalue weighted by molar-refractivity contribution is 0.102. The van der Waals surface area contributed by atoms with E-state index in [0.717, 1.165) is 0 Å². The van der Waals surface area contributed by atoms with Gasteiger partial charge in [0.25, 0.3) is 15.9 Å². The smallest absolute Gasteiger partial charge is 0.261 e. The second-order valence-electron chi connectivity index (χ2n) is 6.42. The maximum Gasteiger partial charge on any atom is 0.261 e. The number of aromatic nitrogens is 1. The summed E-state index contributed by atoms with van der Waals surface area (Å²) < 4.78 is 34.0. The second-order valence-corrected chi connectivity index (χ2v) is 9.57. The van der Waals surface area contributed by atoms with Crippen LogP contribution in [0.25, 0.3) is 10.2 Å². The molecular weight excluding hydrogens is 458 g/mol. The number of fused-ring (bicyclic) bond motifs is 1. The number of rotatable bonds is 6. The van der Waals surface area contributed by atoms with Crippen molar-refractivity contribution in [2.24, 2.45) is 0 Å². The average Bonchev–Trinajstić information content (AvgIpc) is 3.16. The van der Waals surface area contributed by atoms with Crippen molar-refractivity contribution in [3.05, 3.63) is 77.3 Å². The highest BCUT2D eigenvalue weighted by Crippen LogP contribution is 2.36. The molecule has 31 heavy (non-hydrogen) atoms. The van der Waals surface area contributed by atoms with Gasteiger partial charge in [-0.3, -0.25) is 14.8 Å². The Morgan fingerprint density at radius 1 is 1.06 bits per heavy atom. The highest BCUT2D eigenvalue weighted by atomic mass is 35.5. The minimum absolute atomic E-state index is 0.0797. The summed E-state index contributed by atoms with van der Waals surface area (Å²) in [7, 11) is -2.36. The molecule has 1 heterocycles. The van der Waals surface area contributed by atoms with E-state index in [4.69, 9.17) is 16.3 Å². The zero-order valence-corrected chi connectivity index (χ0v) is 18.5. The predicted octanol–water partition coefficient (Wildman–Crippen LogP) is 5.01.